The number of hydrogen-bond acceptors (Lipinski definition) is 3. The van der Waals surface area contributed by atoms with E-state index in [1.807, 2.05) is 0 Å². The predicted octanol–water partition coefficient (Wildman–Crippen LogP) is 3.03. The van der Waals surface area contributed by atoms with Crippen LogP contribution in [0.15, 0.2) is 0 Å². The lowest BCUT2D eigenvalue weighted by molar-refractivity contribution is -0.157. The Morgan fingerprint density at radius 3 is 2.00 bits per heavy atom. The minimum atomic E-state index is 0.595. The monoisotopic (exact) mass is 294 g/mol. The van der Waals surface area contributed by atoms with E-state index in [2.05, 4.69) is 29.4 Å². The Balaban J connectivity index is 1.25. The van der Waals surface area contributed by atoms with Gasteiger partial charge in [0.25, 0.3) is 0 Å². The molecule has 0 amide bonds. The van der Waals surface area contributed by atoms with Crippen LogP contribution in [-0.4, -0.2) is 52.8 Å². The van der Waals surface area contributed by atoms with Crippen molar-refractivity contribution in [2.24, 2.45) is 11.8 Å². The molecule has 0 radical (unpaired) electrons. The van der Waals surface area contributed by atoms with Crippen molar-refractivity contribution in [3.05, 3.63) is 0 Å². The second-order valence-electron chi connectivity index (χ2n) is 8.03. The highest BCUT2D eigenvalue weighted by Crippen LogP contribution is 2.60. The maximum Gasteiger partial charge on any atom is 0.0218 e. The molecule has 0 aromatic rings. The van der Waals surface area contributed by atoms with Gasteiger partial charge in [-0.05, 0) is 56.8 Å². The lowest BCUT2D eigenvalue weighted by atomic mass is 9.49. The quantitative estimate of drug-likeness (QED) is 0.799. The fourth-order valence-electron chi connectivity index (χ4n) is 5.33. The first-order chi connectivity index (χ1) is 9.66. The maximum absolute atomic E-state index is 4.64. The van der Waals surface area contributed by atoms with Gasteiger partial charge in [0.05, 0.1) is 0 Å². The van der Waals surface area contributed by atoms with Crippen LogP contribution in [0.3, 0.4) is 0 Å². The van der Waals surface area contributed by atoms with Gasteiger partial charge < -0.3 is 0 Å². The van der Waals surface area contributed by atoms with Gasteiger partial charge in [-0.1, -0.05) is 6.92 Å². The Kier molecular flexibility index (Phi) is 3.59. The molecule has 3 heteroatoms. The number of hydrogen-bond donors (Lipinski definition) is 1. The summed E-state index contributed by atoms with van der Waals surface area (Å²) in [5.41, 5.74) is 0.704. The molecule has 0 aromatic heterocycles. The standard InChI is InChI=1S/C17H30N2S/c1-13(20)15-2-4-16(5-3-15)18-6-8-19(9-7-18)17-10-14(11-17)12-17/h13-16,20H,2-12H2,1H3. The number of rotatable bonds is 3. The van der Waals surface area contributed by atoms with Gasteiger partial charge in [-0.25, -0.2) is 0 Å². The van der Waals surface area contributed by atoms with E-state index in [1.54, 1.807) is 0 Å². The molecule has 5 rings (SSSR count). The van der Waals surface area contributed by atoms with Crippen molar-refractivity contribution >= 4 is 12.6 Å². The summed E-state index contributed by atoms with van der Waals surface area (Å²) in [4.78, 5) is 5.65. The number of thiol groups is 1. The molecule has 114 valence electrons. The minimum absolute atomic E-state index is 0.595. The third-order valence-corrected chi connectivity index (χ3v) is 7.35. The van der Waals surface area contributed by atoms with Crippen LogP contribution in [0.5, 0.6) is 0 Å². The maximum atomic E-state index is 4.64. The third-order valence-electron chi connectivity index (χ3n) is 6.93. The average Bonchev–Trinajstić information content (AvgIpc) is 2.36. The lowest BCUT2D eigenvalue weighted by Crippen LogP contribution is -2.71. The van der Waals surface area contributed by atoms with Crippen LogP contribution in [-0.2, 0) is 0 Å². The Labute approximate surface area is 129 Å². The first-order valence-electron chi connectivity index (χ1n) is 8.83. The van der Waals surface area contributed by atoms with Crippen LogP contribution < -0.4 is 0 Å². The predicted molar refractivity (Wildman–Crippen MR) is 87.4 cm³/mol. The summed E-state index contributed by atoms with van der Waals surface area (Å²) in [6.07, 6.45) is 10.2. The van der Waals surface area contributed by atoms with E-state index in [-0.39, 0.29) is 0 Å². The molecule has 2 bridgehead atoms. The molecule has 0 spiro atoms. The molecular formula is C17H30N2S. The molecule has 0 N–H and O–H groups in total. The molecule has 1 atom stereocenters. The van der Waals surface area contributed by atoms with Crippen molar-refractivity contribution in [1.82, 2.24) is 9.80 Å². The van der Waals surface area contributed by atoms with E-state index >= 15 is 0 Å². The Hall–Kier alpha value is 0.270. The van der Waals surface area contributed by atoms with E-state index in [9.17, 15) is 0 Å². The summed E-state index contributed by atoms with van der Waals surface area (Å²) in [6.45, 7) is 7.62. The molecule has 1 heterocycles. The molecule has 2 nitrogen and oxygen atoms in total. The van der Waals surface area contributed by atoms with Gasteiger partial charge in [0.15, 0.2) is 0 Å². The summed E-state index contributed by atoms with van der Waals surface area (Å²) in [5, 5.41) is 0.595. The van der Waals surface area contributed by atoms with Crippen LogP contribution in [0.4, 0.5) is 0 Å². The Morgan fingerprint density at radius 2 is 1.55 bits per heavy atom. The van der Waals surface area contributed by atoms with Crippen LogP contribution in [0.25, 0.3) is 0 Å². The molecule has 4 saturated carbocycles. The van der Waals surface area contributed by atoms with E-state index in [1.165, 1.54) is 71.1 Å². The van der Waals surface area contributed by atoms with Crippen LogP contribution in [0.1, 0.15) is 51.9 Å². The summed E-state index contributed by atoms with van der Waals surface area (Å²) < 4.78 is 0. The number of piperazine rings is 1. The van der Waals surface area contributed by atoms with Crippen molar-refractivity contribution in [3.8, 4) is 0 Å². The van der Waals surface area contributed by atoms with Crippen molar-refractivity contribution in [3.63, 3.8) is 0 Å². The topological polar surface area (TPSA) is 6.48 Å². The van der Waals surface area contributed by atoms with E-state index < -0.39 is 0 Å². The zero-order valence-electron chi connectivity index (χ0n) is 12.9. The fourth-order valence-corrected chi connectivity index (χ4v) is 5.63. The third kappa shape index (κ3) is 2.24. The van der Waals surface area contributed by atoms with Gasteiger partial charge in [-0.2, -0.15) is 12.6 Å². The van der Waals surface area contributed by atoms with E-state index in [0.29, 0.717) is 10.8 Å². The first-order valence-corrected chi connectivity index (χ1v) is 9.35. The van der Waals surface area contributed by atoms with Gasteiger partial charge in [-0.15, -0.1) is 0 Å². The minimum Gasteiger partial charge on any atom is -0.298 e. The van der Waals surface area contributed by atoms with E-state index in [4.69, 9.17) is 0 Å². The second kappa shape index (κ2) is 5.17. The van der Waals surface area contributed by atoms with Crippen LogP contribution in [0, 0.1) is 11.8 Å². The molecule has 5 aliphatic rings. The van der Waals surface area contributed by atoms with Crippen LogP contribution >= 0.6 is 12.6 Å². The highest BCUT2D eigenvalue weighted by molar-refractivity contribution is 7.80. The van der Waals surface area contributed by atoms with Crippen molar-refractivity contribution in [2.45, 2.75) is 68.7 Å². The SMILES string of the molecule is CC(S)C1CCC(N2CCN(C34CC(C3)C4)CC2)CC1. The van der Waals surface area contributed by atoms with Gasteiger partial charge in [0.1, 0.15) is 0 Å². The van der Waals surface area contributed by atoms with E-state index in [0.717, 1.165) is 17.9 Å². The van der Waals surface area contributed by atoms with Crippen molar-refractivity contribution in [1.29, 1.82) is 0 Å². The summed E-state index contributed by atoms with van der Waals surface area (Å²) in [5.74, 6) is 1.99. The average molecular weight is 295 g/mol. The van der Waals surface area contributed by atoms with Crippen molar-refractivity contribution in [2.75, 3.05) is 26.2 Å². The summed E-state index contributed by atoms with van der Waals surface area (Å²) >= 11 is 4.64. The molecule has 20 heavy (non-hydrogen) atoms. The van der Waals surface area contributed by atoms with Gasteiger partial charge >= 0.3 is 0 Å². The smallest absolute Gasteiger partial charge is 0.0218 e. The second-order valence-corrected chi connectivity index (χ2v) is 8.85. The molecular weight excluding hydrogens is 264 g/mol. The number of nitrogens with zero attached hydrogens (tertiary/aromatic N) is 2. The highest BCUT2D eigenvalue weighted by Gasteiger charge is 2.59. The lowest BCUT2D eigenvalue weighted by Gasteiger charge is -2.68. The zero-order valence-corrected chi connectivity index (χ0v) is 13.8. The molecule has 5 fully saturated rings. The Bertz CT molecular complexity index is 337. The zero-order chi connectivity index (χ0) is 13.7. The fraction of sp³-hybridized carbons (Fsp3) is 1.00. The summed E-state index contributed by atoms with van der Waals surface area (Å²) in [6, 6.07) is 0.883. The normalized spacial score (nSPS) is 47.4. The largest absolute Gasteiger partial charge is 0.298 e. The first kappa shape index (κ1) is 13.9. The van der Waals surface area contributed by atoms with Crippen LogP contribution in [0.2, 0.25) is 0 Å². The molecule has 1 aliphatic heterocycles. The Morgan fingerprint density at radius 1 is 0.950 bits per heavy atom. The van der Waals surface area contributed by atoms with Gasteiger partial charge in [-0.3, -0.25) is 9.80 Å². The van der Waals surface area contributed by atoms with Gasteiger partial charge in [0, 0.05) is 43.0 Å². The summed E-state index contributed by atoms with van der Waals surface area (Å²) in [7, 11) is 0. The van der Waals surface area contributed by atoms with Gasteiger partial charge in [0.2, 0.25) is 0 Å². The van der Waals surface area contributed by atoms with Crippen molar-refractivity contribution < 1.29 is 0 Å². The highest BCUT2D eigenvalue weighted by atomic mass is 32.1. The molecule has 4 aliphatic carbocycles. The molecule has 1 saturated heterocycles. The molecule has 1 unspecified atom stereocenters. The molecule has 0 aromatic carbocycles.